The number of nitrogens with one attached hydrogen (secondary N) is 1. The van der Waals surface area contributed by atoms with Crippen molar-refractivity contribution in [1.29, 1.82) is 0 Å². The molecule has 0 unspecified atom stereocenters. The number of amides is 1. The fourth-order valence-electron chi connectivity index (χ4n) is 5.03. The van der Waals surface area contributed by atoms with Crippen molar-refractivity contribution in [1.82, 2.24) is 10.2 Å². The SMILES string of the molecule is CC[C@H]1CC(C(=O)NCC2(N3CCOC3)CCOCC2)=CC(C)=C1OCc1ccccc1. The molecule has 0 saturated carbocycles. The molecule has 1 N–H and O–H groups in total. The molecule has 3 aliphatic rings. The largest absolute Gasteiger partial charge is 0.493 e. The lowest BCUT2D eigenvalue weighted by molar-refractivity contribution is -0.119. The Morgan fingerprint density at radius 1 is 1.19 bits per heavy atom. The Morgan fingerprint density at radius 2 is 1.97 bits per heavy atom. The van der Waals surface area contributed by atoms with E-state index in [1.54, 1.807) is 0 Å². The number of benzene rings is 1. The van der Waals surface area contributed by atoms with Crippen molar-refractivity contribution in [2.75, 3.05) is 39.6 Å². The summed E-state index contributed by atoms with van der Waals surface area (Å²) >= 11 is 0. The van der Waals surface area contributed by atoms with Crippen molar-refractivity contribution >= 4 is 5.91 Å². The maximum absolute atomic E-state index is 13.2. The topological polar surface area (TPSA) is 60.0 Å². The number of carbonyl (C=O) groups excluding carboxylic acids is 1. The molecule has 1 atom stereocenters. The van der Waals surface area contributed by atoms with Gasteiger partial charge in [0.15, 0.2) is 0 Å². The molecule has 1 aromatic rings. The third kappa shape index (κ3) is 5.25. The average molecular weight is 441 g/mol. The van der Waals surface area contributed by atoms with Crippen LogP contribution in [0.3, 0.4) is 0 Å². The van der Waals surface area contributed by atoms with Gasteiger partial charge >= 0.3 is 0 Å². The van der Waals surface area contributed by atoms with Gasteiger partial charge in [-0.05, 0) is 49.8 Å². The van der Waals surface area contributed by atoms with Gasteiger partial charge in [-0.15, -0.1) is 0 Å². The van der Waals surface area contributed by atoms with Crippen molar-refractivity contribution in [3.8, 4) is 0 Å². The van der Waals surface area contributed by atoms with Crippen LogP contribution in [-0.4, -0.2) is 56.0 Å². The van der Waals surface area contributed by atoms with Gasteiger partial charge in [0.05, 0.1) is 13.3 Å². The summed E-state index contributed by atoms with van der Waals surface area (Å²) in [6.45, 7) is 9.19. The molecule has 0 spiro atoms. The van der Waals surface area contributed by atoms with Crippen LogP contribution in [0.1, 0.15) is 45.1 Å². The minimum atomic E-state index is -0.0708. The summed E-state index contributed by atoms with van der Waals surface area (Å²) in [7, 11) is 0. The van der Waals surface area contributed by atoms with E-state index in [9.17, 15) is 4.79 Å². The second-order valence-corrected chi connectivity index (χ2v) is 9.12. The molecular formula is C26H36N2O4. The van der Waals surface area contributed by atoms with Gasteiger partial charge in [-0.1, -0.05) is 37.3 Å². The van der Waals surface area contributed by atoms with E-state index in [0.29, 0.717) is 26.3 Å². The van der Waals surface area contributed by atoms with E-state index in [2.05, 4.69) is 36.2 Å². The van der Waals surface area contributed by atoms with Crippen LogP contribution < -0.4 is 5.32 Å². The Kier molecular flexibility index (Phi) is 7.66. The smallest absolute Gasteiger partial charge is 0.247 e. The fraction of sp³-hybridized carbons (Fsp3) is 0.577. The van der Waals surface area contributed by atoms with Gasteiger partial charge in [0.25, 0.3) is 0 Å². The first kappa shape index (κ1) is 23.0. The second kappa shape index (κ2) is 10.6. The number of rotatable bonds is 8. The molecule has 0 aromatic heterocycles. The van der Waals surface area contributed by atoms with E-state index in [-0.39, 0.29) is 17.4 Å². The zero-order valence-electron chi connectivity index (χ0n) is 19.4. The number of allylic oxidation sites excluding steroid dienone is 3. The number of ether oxygens (including phenoxy) is 3. The molecule has 4 rings (SSSR count). The quantitative estimate of drug-likeness (QED) is 0.667. The summed E-state index contributed by atoms with van der Waals surface area (Å²) in [4.78, 5) is 15.5. The first-order valence-electron chi connectivity index (χ1n) is 11.9. The number of hydrogen-bond donors (Lipinski definition) is 1. The van der Waals surface area contributed by atoms with Gasteiger partial charge in [-0.25, -0.2) is 0 Å². The predicted molar refractivity (Wildman–Crippen MR) is 124 cm³/mol. The highest BCUT2D eigenvalue weighted by Crippen LogP contribution is 2.34. The highest BCUT2D eigenvalue weighted by Gasteiger charge is 2.40. The molecule has 1 amide bonds. The second-order valence-electron chi connectivity index (χ2n) is 9.12. The van der Waals surface area contributed by atoms with Crippen LogP contribution in [-0.2, 0) is 25.6 Å². The van der Waals surface area contributed by atoms with Crippen molar-refractivity contribution in [3.63, 3.8) is 0 Å². The Morgan fingerprint density at radius 3 is 2.66 bits per heavy atom. The number of nitrogens with zero attached hydrogens (tertiary/aromatic N) is 1. The molecule has 2 heterocycles. The van der Waals surface area contributed by atoms with E-state index < -0.39 is 0 Å². The number of carbonyl (C=O) groups is 1. The fourth-order valence-corrected chi connectivity index (χ4v) is 5.03. The predicted octanol–water partition coefficient (Wildman–Crippen LogP) is 3.79. The minimum Gasteiger partial charge on any atom is -0.493 e. The van der Waals surface area contributed by atoms with Crippen LogP contribution in [0.25, 0.3) is 0 Å². The molecule has 2 saturated heterocycles. The maximum Gasteiger partial charge on any atom is 0.247 e. The van der Waals surface area contributed by atoms with E-state index >= 15 is 0 Å². The summed E-state index contributed by atoms with van der Waals surface area (Å²) in [5, 5.41) is 3.25. The molecule has 32 heavy (non-hydrogen) atoms. The zero-order chi connectivity index (χ0) is 22.4. The summed E-state index contributed by atoms with van der Waals surface area (Å²) in [5.74, 6) is 1.28. The van der Waals surface area contributed by atoms with Gasteiger partial charge in [-0.2, -0.15) is 0 Å². The first-order chi connectivity index (χ1) is 15.6. The van der Waals surface area contributed by atoms with Crippen LogP contribution in [0.4, 0.5) is 0 Å². The Balaban J connectivity index is 1.42. The molecular weight excluding hydrogens is 404 g/mol. The lowest BCUT2D eigenvalue weighted by atomic mass is 9.85. The molecule has 0 bridgehead atoms. The normalized spacial score (nSPS) is 23.7. The molecule has 2 aliphatic heterocycles. The van der Waals surface area contributed by atoms with E-state index in [0.717, 1.165) is 68.1 Å². The zero-order valence-corrected chi connectivity index (χ0v) is 19.4. The maximum atomic E-state index is 13.2. The highest BCUT2D eigenvalue weighted by atomic mass is 16.5. The lowest BCUT2D eigenvalue weighted by Gasteiger charge is -2.44. The van der Waals surface area contributed by atoms with Gasteiger partial charge in [0, 0.05) is 43.3 Å². The summed E-state index contributed by atoms with van der Waals surface area (Å²) in [5.41, 5.74) is 2.99. The Hall–Kier alpha value is -2.15. The summed E-state index contributed by atoms with van der Waals surface area (Å²) in [6.07, 6.45) is 5.51. The van der Waals surface area contributed by atoms with E-state index in [1.165, 1.54) is 0 Å². The Bertz CT molecular complexity index is 837. The minimum absolute atomic E-state index is 0.0379. The van der Waals surface area contributed by atoms with Crippen LogP contribution >= 0.6 is 0 Å². The van der Waals surface area contributed by atoms with Gasteiger partial charge in [0.2, 0.25) is 5.91 Å². The summed E-state index contributed by atoms with van der Waals surface area (Å²) in [6, 6.07) is 10.2. The first-order valence-corrected chi connectivity index (χ1v) is 11.9. The van der Waals surface area contributed by atoms with Crippen LogP contribution in [0.5, 0.6) is 0 Å². The van der Waals surface area contributed by atoms with Gasteiger partial charge in [-0.3, -0.25) is 9.69 Å². The van der Waals surface area contributed by atoms with Gasteiger partial charge < -0.3 is 19.5 Å². The van der Waals surface area contributed by atoms with Crippen LogP contribution in [0.2, 0.25) is 0 Å². The average Bonchev–Trinajstić information content (AvgIpc) is 3.38. The van der Waals surface area contributed by atoms with E-state index in [4.69, 9.17) is 14.2 Å². The lowest BCUT2D eigenvalue weighted by Crippen LogP contribution is -2.57. The molecule has 6 heteroatoms. The molecule has 0 radical (unpaired) electrons. The number of hydrogen-bond acceptors (Lipinski definition) is 5. The Labute approximate surface area is 191 Å². The molecule has 6 nitrogen and oxygen atoms in total. The highest BCUT2D eigenvalue weighted by molar-refractivity contribution is 5.94. The van der Waals surface area contributed by atoms with Crippen molar-refractivity contribution < 1.29 is 19.0 Å². The third-order valence-corrected chi connectivity index (χ3v) is 7.06. The van der Waals surface area contributed by atoms with Crippen molar-refractivity contribution in [2.45, 2.75) is 51.7 Å². The van der Waals surface area contributed by atoms with Crippen LogP contribution in [0, 0.1) is 5.92 Å². The monoisotopic (exact) mass is 440 g/mol. The van der Waals surface area contributed by atoms with E-state index in [1.807, 2.05) is 24.3 Å². The van der Waals surface area contributed by atoms with Gasteiger partial charge in [0.1, 0.15) is 12.4 Å². The molecule has 1 aromatic carbocycles. The molecule has 174 valence electrons. The molecule has 1 aliphatic carbocycles. The van der Waals surface area contributed by atoms with Crippen molar-refractivity contribution in [3.05, 3.63) is 58.9 Å². The van der Waals surface area contributed by atoms with Crippen molar-refractivity contribution in [2.24, 2.45) is 5.92 Å². The molecule has 2 fully saturated rings. The summed E-state index contributed by atoms with van der Waals surface area (Å²) < 4.78 is 17.4. The standard InChI is InChI=1S/C26H36N2O4/c1-3-22-16-23(15-20(2)24(22)32-17-21-7-5-4-6-8-21)25(29)27-18-26(9-12-30-13-10-26)28-11-14-31-19-28/h4-8,15,22H,3,9-14,16-19H2,1-2H3,(H,27,29)/t22-/m0/s1. The van der Waals surface area contributed by atoms with Crippen LogP contribution in [0.15, 0.2) is 53.3 Å². The third-order valence-electron chi connectivity index (χ3n) is 7.06.